The third-order valence-corrected chi connectivity index (χ3v) is 5.82. The molecule has 1 aliphatic heterocycles. The summed E-state index contributed by atoms with van der Waals surface area (Å²) in [6.45, 7) is 6.40. The third kappa shape index (κ3) is 5.04. The molecule has 0 atom stereocenters. The van der Waals surface area contributed by atoms with Gasteiger partial charge >= 0.3 is 0 Å². The molecular weight excluding hydrogens is 412 g/mol. The maximum atomic E-state index is 4.40. The summed E-state index contributed by atoms with van der Waals surface area (Å²) < 4.78 is 1.11. The Hall–Kier alpha value is -2.08. The highest BCUT2D eigenvalue weighted by Crippen LogP contribution is 2.26. The Morgan fingerprint density at radius 1 is 0.750 bits per heavy atom. The zero-order valence-electron chi connectivity index (χ0n) is 16.0. The Balaban J connectivity index is 1.42. The average molecular weight is 437 g/mol. The molecule has 4 nitrogen and oxygen atoms in total. The Kier molecular flexibility index (Phi) is 6.47. The van der Waals surface area contributed by atoms with Crippen molar-refractivity contribution in [3.8, 4) is 11.1 Å². The van der Waals surface area contributed by atoms with E-state index in [0.717, 1.165) is 43.7 Å². The highest BCUT2D eigenvalue weighted by atomic mass is 79.9. The van der Waals surface area contributed by atoms with Crippen LogP contribution in [-0.4, -0.2) is 45.9 Å². The molecule has 1 fully saturated rings. The topological polar surface area (TPSA) is 32.3 Å². The maximum absolute atomic E-state index is 4.40. The largest absolute Gasteiger partial charge is 0.298 e. The zero-order valence-corrected chi connectivity index (χ0v) is 17.6. The van der Waals surface area contributed by atoms with Crippen LogP contribution >= 0.6 is 15.9 Å². The minimum atomic E-state index is 0.947. The van der Waals surface area contributed by atoms with Gasteiger partial charge in [-0.25, -0.2) is 0 Å². The van der Waals surface area contributed by atoms with Gasteiger partial charge in [-0.05, 0) is 72.1 Å². The van der Waals surface area contributed by atoms with Gasteiger partial charge < -0.3 is 0 Å². The van der Waals surface area contributed by atoms with Crippen molar-refractivity contribution in [1.29, 1.82) is 0 Å². The van der Waals surface area contributed by atoms with Crippen molar-refractivity contribution >= 4 is 15.9 Å². The summed E-state index contributed by atoms with van der Waals surface area (Å²) in [5.41, 5.74) is 5.16. The maximum Gasteiger partial charge on any atom is 0.0319 e. The van der Waals surface area contributed by atoms with Crippen LogP contribution in [0.4, 0.5) is 0 Å². The molecule has 0 aliphatic carbocycles. The van der Waals surface area contributed by atoms with Gasteiger partial charge in [0.25, 0.3) is 0 Å². The Morgan fingerprint density at radius 3 is 2.18 bits per heavy atom. The molecule has 2 aromatic heterocycles. The number of hydrogen-bond acceptors (Lipinski definition) is 4. The average Bonchev–Trinajstić information content (AvgIpc) is 2.95. The van der Waals surface area contributed by atoms with Crippen LogP contribution in [0, 0.1) is 0 Å². The fraction of sp³-hybridized carbons (Fsp3) is 0.304. The molecule has 3 aromatic rings. The number of aromatic nitrogens is 2. The molecule has 0 radical (unpaired) electrons. The van der Waals surface area contributed by atoms with Crippen molar-refractivity contribution in [2.45, 2.75) is 19.5 Å². The van der Waals surface area contributed by atoms with Crippen molar-refractivity contribution < 1.29 is 0 Å². The van der Waals surface area contributed by atoms with Gasteiger partial charge in [-0.1, -0.05) is 28.1 Å². The molecule has 3 heterocycles. The minimum Gasteiger partial charge on any atom is -0.298 e. The molecule has 0 saturated carbocycles. The molecule has 0 spiro atoms. The van der Waals surface area contributed by atoms with E-state index >= 15 is 0 Å². The van der Waals surface area contributed by atoms with E-state index < -0.39 is 0 Å². The minimum absolute atomic E-state index is 0.947. The lowest BCUT2D eigenvalue weighted by Crippen LogP contribution is -2.30. The number of nitrogens with zero attached hydrogens (tertiary/aromatic N) is 4. The van der Waals surface area contributed by atoms with E-state index in [0.29, 0.717) is 0 Å². The number of hydrogen-bond donors (Lipinski definition) is 0. The van der Waals surface area contributed by atoms with E-state index in [4.69, 9.17) is 0 Å². The monoisotopic (exact) mass is 436 g/mol. The second-order valence-electron chi connectivity index (χ2n) is 7.30. The van der Waals surface area contributed by atoms with Gasteiger partial charge in [0.05, 0.1) is 0 Å². The highest BCUT2D eigenvalue weighted by molar-refractivity contribution is 9.10. The molecule has 1 saturated heterocycles. The number of pyridine rings is 2. The van der Waals surface area contributed by atoms with Gasteiger partial charge in [-0.15, -0.1) is 0 Å². The first-order valence-electron chi connectivity index (χ1n) is 9.80. The second-order valence-corrected chi connectivity index (χ2v) is 8.22. The molecule has 4 rings (SSSR count). The van der Waals surface area contributed by atoms with Crippen LogP contribution in [0.2, 0.25) is 0 Å². The van der Waals surface area contributed by atoms with E-state index in [9.17, 15) is 0 Å². The van der Waals surface area contributed by atoms with Crippen LogP contribution in [0.15, 0.2) is 71.7 Å². The summed E-state index contributed by atoms with van der Waals surface area (Å²) in [5.74, 6) is 0. The zero-order chi connectivity index (χ0) is 19.2. The standard InChI is InChI=1S/C23H25BrN4/c24-22-4-2-20(3-5-22)23-8-11-26-16-21(23)18-28-13-1-12-27(14-15-28)17-19-6-9-25-10-7-19/h2-11,16H,1,12-15,17-18H2. The summed E-state index contributed by atoms with van der Waals surface area (Å²) in [6.07, 6.45) is 8.87. The Morgan fingerprint density at radius 2 is 1.43 bits per heavy atom. The lowest BCUT2D eigenvalue weighted by atomic mass is 10.0. The molecule has 0 bridgehead atoms. The first kappa shape index (κ1) is 19.2. The summed E-state index contributed by atoms with van der Waals surface area (Å²) in [4.78, 5) is 13.6. The van der Waals surface area contributed by atoms with Gasteiger partial charge in [-0.3, -0.25) is 19.8 Å². The van der Waals surface area contributed by atoms with Gasteiger partial charge in [-0.2, -0.15) is 0 Å². The predicted octanol–water partition coefficient (Wildman–Crippen LogP) is 4.61. The SMILES string of the molecule is Brc1ccc(-c2ccncc2CN2CCCN(Cc3ccncc3)CC2)cc1. The summed E-state index contributed by atoms with van der Waals surface area (Å²) in [6, 6.07) is 14.9. The predicted molar refractivity (Wildman–Crippen MR) is 117 cm³/mol. The van der Waals surface area contributed by atoms with Crippen molar-refractivity contribution in [3.05, 3.63) is 82.9 Å². The van der Waals surface area contributed by atoms with Crippen molar-refractivity contribution in [2.24, 2.45) is 0 Å². The van der Waals surface area contributed by atoms with Gasteiger partial charge in [0, 0.05) is 55.4 Å². The fourth-order valence-electron chi connectivity index (χ4n) is 3.79. The van der Waals surface area contributed by atoms with E-state index in [1.165, 1.54) is 28.7 Å². The molecule has 28 heavy (non-hydrogen) atoms. The number of rotatable bonds is 5. The van der Waals surface area contributed by atoms with Crippen LogP contribution in [0.3, 0.4) is 0 Å². The van der Waals surface area contributed by atoms with Crippen LogP contribution in [0.25, 0.3) is 11.1 Å². The van der Waals surface area contributed by atoms with Crippen molar-refractivity contribution in [1.82, 2.24) is 19.8 Å². The molecule has 1 aromatic carbocycles. The van der Waals surface area contributed by atoms with Crippen LogP contribution in [0.5, 0.6) is 0 Å². The van der Waals surface area contributed by atoms with Crippen LogP contribution < -0.4 is 0 Å². The van der Waals surface area contributed by atoms with E-state index in [1.54, 1.807) is 0 Å². The summed E-state index contributed by atoms with van der Waals surface area (Å²) in [7, 11) is 0. The molecular formula is C23H25BrN4. The lowest BCUT2D eigenvalue weighted by Gasteiger charge is -2.23. The molecule has 144 valence electrons. The van der Waals surface area contributed by atoms with Gasteiger partial charge in [0.1, 0.15) is 0 Å². The molecule has 0 amide bonds. The fourth-order valence-corrected chi connectivity index (χ4v) is 4.06. The van der Waals surface area contributed by atoms with Crippen LogP contribution in [-0.2, 0) is 13.1 Å². The summed E-state index contributed by atoms with van der Waals surface area (Å²) >= 11 is 3.53. The normalized spacial score (nSPS) is 16.0. The van der Waals surface area contributed by atoms with E-state index in [1.807, 2.05) is 24.8 Å². The highest BCUT2D eigenvalue weighted by Gasteiger charge is 2.17. The third-order valence-electron chi connectivity index (χ3n) is 5.29. The Labute approximate surface area is 175 Å². The molecule has 0 unspecified atom stereocenters. The number of halogens is 1. The van der Waals surface area contributed by atoms with Gasteiger partial charge in [0.15, 0.2) is 0 Å². The Bertz CT molecular complexity index is 883. The smallest absolute Gasteiger partial charge is 0.0319 e. The second kappa shape index (κ2) is 9.41. The van der Waals surface area contributed by atoms with E-state index in [-0.39, 0.29) is 0 Å². The van der Waals surface area contributed by atoms with Crippen LogP contribution in [0.1, 0.15) is 17.5 Å². The first-order chi connectivity index (χ1) is 13.8. The van der Waals surface area contributed by atoms with E-state index in [2.05, 4.69) is 78.2 Å². The van der Waals surface area contributed by atoms with Crippen molar-refractivity contribution in [3.63, 3.8) is 0 Å². The van der Waals surface area contributed by atoms with Gasteiger partial charge in [0.2, 0.25) is 0 Å². The lowest BCUT2D eigenvalue weighted by molar-refractivity contribution is 0.247. The molecule has 5 heteroatoms. The first-order valence-corrected chi connectivity index (χ1v) is 10.6. The summed E-state index contributed by atoms with van der Waals surface area (Å²) in [5, 5.41) is 0. The number of benzene rings is 1. The van der Waals surface area contributed by atoms with Crippen molar-refractivity contribution in [2.75, 3.05) is 26.2 Å². The molecule has 0 N–H and O–H groups in total. The quantitative estimate of drug-likeness (QED) is 0.584. The molecule has 1 aliphatic rings.